The lowest BCUT2D eigenvalue weighted by Gasteiger charge is -2.20. The Morgan fingerprint density at radius 2 is 1.93 bits per heavy atom. The minimum atomic E-state index is -0.0939. The number of aromatic amines is 1. The second-order valence-electron chi connectivity index (χ2n) is 6.90. The van der Waals surface area contributed by atoms with Crippen molar-refractivity contribution in [2.45, 2.75) is 19.4 Å². The van der Waals surface area contributed by atoms with Crippen LogP contribution in [0.1, 0.15) is 16.8 Å². The second-order valence-corrected chi connectivity index (χ2v) is 6.90. The molecule has 0 atom stereocenters. The first kappa shape index (κ1) is 19.1. The predicted molar refractivity (Wildman–Crippen MR) is 108 cm³/mol. The molecule has 29 heavy (non-hydrogen) atoms. The number of hydrogen-bond donors (Lipinski definition) is 1. The van der Waals surface area contributed by atoms with Gasteiger partial charge in [-0.1, -0.05) is 6.07 Å². The third-order valence-corrected chi connectivity index (χ3v) is 5.10. The Balaban J connectivity index is 1.53. The maximum absolute atomic E-state index is 12.6. The van der Waals surface area contributed by atoms with E-state index in [1.54, 1.807) is 32.8 Å². The number of rotatable bonds is 5. The molecule has 1 aliphatic rings. The van der Waals surface area contributed by atoms with Gasteiger partial charge in [-0.05, 0) is 24.1 Å². The van der Waals surface area contributed by atoms with E-state index in [1.807, 2.05) is 18.2 Å². The van der Waals surface area contributed by atoms with Gasteiger partial charge in [-0.3, -0.25) is 14.7 Å². The zero-order valence-corrected chi connectivity index (χ0v) is 16.5. The number of methoxy groups -OCH3 is 2. The molecule has 1 aliphatic heterocycles. The van der Waals surface area contributed by atoms with Gasteiger partial charge in [0.1, 0.15) is 5.69 Å². The van der Waals surface area contributed by atoms with E-state index in [1.165, 1.54) is 0 Å². The second kappa shape index (κ2) is 8.40. The monoisotopic (exact) mass is 393 g/mol. The molecule has 1 aromatic carbocycles. The third kappa shape index (κ3) is 4.12. The quantitative estimate of drug-likeness (QED) is 0.707. The average molecular weight is 393 g/mol. The zero-order chi connectivity index (χ0) is 20.2. The van der Waals surface area contributed by atoms with Gasteiger partial charge in [0.2, 0.25) is 0 Å². The molecular formula is C21H23N5O3. The Hall–Kier alpha value is -3.26. The fourth-order valence-corrected chi connectivity index (χ4v) is 3.59. The van der Waals surface area contributed by atoms with Gasteiger partial charge in [0.25, 0.3) is 5.56 Å². The summed E-state index contributed by atoms with van der Waals surface area (Å²) in [4.78, 5) is 30.8. The summed E-state index contributed by atoms with van der Waals surface area (Å²) >= 11 is 0. The van der Waals surface area contributed by atoms with Gasteiger partial charge < -0.3 is 14.5 Å². The van der Waals surface area contributed by atoms with Crippen molar-refractivity contribution >= 4 is 0 Å². The van der Waals surface area contributed by atoms with Gasteiger partial charge in [0, 0.05) is 44.0 Å². The van der Waals surface area contributed by atoms with Crippen LogP contribution < -0.4 is 15.0 Å². The van der Waals surface area contributed by atoms with Crippen molar-refractivity contribution in [1.29, 1.82) is 0 Å². The molecule has 8 nitrogen and oxygen atoms in total. The highest BCUT2D eigenvalue weighted by Crippen LogP contribution is 2.28. The Morgan fingerprint density at radius 1 is 1.10 bits per heavy atom. The molecule has 0 bridgehead atoms. The molecule has 0 radical (unpaired) electrons. The van der Waals surface area contributed by atoms with E-state index in [4.69, 9.17) is 9.47 Å². The lowest BCUT2D eigenvalue weighted by atomic mass is 10.1. The molecule has 150 valence electrons. The van der Waals surface area contributed by atoms with E-state index in [2.05, 4.69) is 24.8 Å². The van der Waals surface area contributed by atoms with Crippen LogP contribution in [0, 0.1) is 0 Å². The standard InChI is InChI=1S/C21H23N5O3/c1-28-18-4-3-14(11-19(18)29-2)13-26-9-5-15-16(6-10-26)24-20(25-21(15)27)17-12-22-7-8-23-17/h3-4,7-8,11-12H,5-6,9-10,13H2,1-2H3,(H,24,25,27). The average Bonchev–Trinajstić information content (AvgIpc) is 2.97. The number of nitrogens with zero attached hydrogens (tertiary/aromatic N) is 4. The molecule has 8 heteroatoms. The van der Waals surface area contributed by atoms with E-state index in [-0.39, 0.29) is 5.56 Å². The maximum Gasteiger partial charge on any atom is 0.254 e. The number of benzene rings is 1. The normalized spacial score (nSPS) is 14.1. The maximum atomic E-state index is 12.6. The van der Waals surface area contributed by atoms with Crippen molar-refractivity contribution < 1.29 is 9.47 Å². The number of fused-ring (bicyclic) bond motifs is 1. The summed E-state index contributed by atoms with van der Waals surface area (Å²) in [5.41, 5.74) is 3.20. The minimum absolute atomic E-state index is 0.0939. The SMILES string of the molecule is COc1ccc(CN2CCc3nc(-c4cnccn4)[nH]c(=O)c3CC2)cc1OC. The van der Waals surface area contributed by atoms with Crippen LogP contribution in [0.15, 0.2) is 41.6 Å². The highest BCUT2D eigenvalue weighted by Gasteiger charge is 2.20. The first-order valence-electron chi connectivity index (χ1n) is 9.49. The number of ether oxygens (including phenoxy) is 2. The molecule has 0 fully saturated rings. The van der Waals surface area contributed by atoms with Crippen LogP contribution in [0.3, 0.4) is 0 Å². The minimum Gasteiger partial charge on any atom is -0.493 e. The summed E-state index contributed by atoms with van der Waals surface area (Å²) in [5.74, 6) is 1.90. The largest absolute Gasteiger partial charge is 0.493 e. The molecular weight excluding hydrogens is 370 g/mol. The zero-order valence-electron chi connectivity index (χ0n) is 16.5. The van der Waals surface area contributed by atoms with Crippen LogP contribution >= 0.6 is 0 Å². The van der Waals surface area contributed by atoms with E-state index in [0.29, 0.717) is 30.1 Å². The van der Waals surface area contributed by atoms with Gasteiger partial charge in [-0.25, -0.2) is 9.97 Å². The number of hydrogen-bond acceptors (Lipinski definition) is 7. The molecule has 0 unspecified atom stereocenters. The van der Waals surface area contributed by atoms with Crippen LogP contribution in [0.2, 0.25) is 0 Å². The van der Waals surface area contributed by atoms with Crippen LogP contribution in [0.5, 0.6) is 11.5 Å². The summed E-state index contributed by atoms with van der Waals surface area (Å²) in [7, 11) is 3.26. The predicted octanol–water partition coefficient (Wildman–Crippen LogP) is 1.84. The molecule has 0 saturated heterocycles. The summed E-state index contributed by atoms with van der Waals surface area (Å²) in [6.45, 7) is 2.37. The molecule has 0 spiro atoms. The van der Waals surface area contributed by atoms with Crippen molar-refractivity contribution in [3.63, 3.8) is 0 Å². The molecule has 3 aromatic rings. The van der Waals surface area contributed by atoms with Crippen LogP contribution in [-0.4, -0.2) is 52.1 Å². The number of nitrogens with one attached hydrogen (secondary N) is 1. The van der Waals surface area contributed by atoms with Crippen LogP contribution in [0.25, 0.3) is 11.5 Å². The molecule has 0 saturated carbocycles. The lowest BCUT2D eigenvalue weighted by molar-refractivity contribution is 0.278. The molecule has 3 heterocycles. The van der Waals surface area contributed by atoms with Crippen molar-refractivity contribution in [2.24, 2.45) is 0 Å². The Bertz CT molecular complexity index is 1050. The van der Waals surface area contributed by atoms with Gasteiger partial charge >= 0.3 is 0 Å². The van der Waals surface area contributed by atoms with Crippen molar-refractivity contribution in [2.75, 3.05) is 27.3 Å². The summed E-state index contributed by atoms with van der Waals surface area (Å²) in [6.07, 6.45) is 6.15. The van der Waals surface area contributed by atoms with Crippen LogP contribution in [-0.2, 0) is 19.4 Å². The van der Waals surface area contributed by atoms with Gasteiger partial charge in [0.05, 0.1) is 26.1 Å². The van der Waals surface area contributed by atoms with Crippen molar-refractivity contribution in [3.8, 4) is 23.0 Å². The Morgan fingerprint density at radius 3 is 2.69 bits per heavy atom. The Kier molecular flexibility index (Phi) is 5.53. The van der Waals surface area contributed by atoms with Crippen molar-refractivity contribution in [1.82, 2.24) is 24.8 Å². The molecule has 1 N–H and O–H groups in total. The first-order valence-corrected chi connectivity index (χ1v) is 9.49. The van der Waals surface area contributed by atoms with E-state index in [0.717, 1.165) is 42.2 Å². The van der Waals surface area contributed by atoms with E-state index >= 15 is 0 Å². The number of aromatic nitrogens is 4. The topological polar surface area (TPSA) is 93.2 Å². The van der Waals surface area contributed by atoms with E-state index in [9.17, 15) is 4.79 Å². The molecule has 4 rings (SSSR count). The van der Waals surface area contributed by atoms with E-state index < -0.39 is 0 Å². The van der Waals surface area contributed by atoms with Gasteiger partial charge in [-0.2, -0.15) is 0 Å². The fraction of sp³-hybridized carbons (Fsp3) is 0.333. The van der Waals surface area contributed by atoms with Gasteiger partial charge in [0.15, 0.2) is 17.3 Å². The van der Waals surface area contributed by atoms with Gasteiger partial charge in [-0.15, -0.1) is 0 Å². The highest BCUT2D eigenvalue weighted by molar-refractivity contribution is 5.47. The fourth-order valence-electron chi connectivity index (χ4n) is 3.59. The summed E-state index contributed by atoms with van der Waals surface area (Å²) in [5, 5.41) is 0. The summed E-state index contributed by atoms with van der Waals surface area (Å²) in [6, 6.07) is 5.95. The third-order valence-electron chi connectivity index (χ3n) is 5.10. The van der Waals surface area contributed by atoms with Crippen LogP contribution in [0.4, 0.5) is 0 Å². The number of H-pyrrole nitrogens is 1. The molecule has 2 aromatic heterocycles. The highest BCUT2D eigenvalue weighted by atomic mass is 16.5. The van der Waals surface area contributed by atoms with Crippen molar-refractivity contribution in [3.05, 3.63) is 64.0 Å². The molecule has 0 aliphatic carbocycles. The Labute approximate surface area is 168 Å². The smallest absolute Gasteiger partial charge is 0.254 e. The summed E-state index contributed by atoms with van der Waals surface area (Å²) < 4.78 is 10.7. The molecule has 0 amide bonds. The lowest BCUT2D eigenvalue weighted by Crippen LogP contribution is -2.26. The first-order chi connectivity index (χ1) is 14.2.